The summed E-state index contributed by atoms with van der Waals surface area (Å²) in [7, 11) is 0. The fraction of sp³-hybridized carbons (Fsp3) is 0.381. The molecule has 4 rings (SSSR count). The van der Waals surface area contributed by atoms with Gasteiger partial charge in [-0.2, -0.15) is 0 Å². The van der Waals surface area contributed by atoms with Crippen LogP contribution in [0.3, 0.4) is 0 Å². The molecule has 0 saturated heterocycles. The molecule has 1 aliphatic rings. The second-order valence-electron chi connectivity index (χ2n) is 7.55. The van der Waals surface area contributed by atoms with Crippen LogP contribution in [0.25, 0.3) is 10.2 Å². The number of nitrogens with zero attached hydrogens (tertiary/aromatic N) is 2. The Morgan fingerprint density at radius 3 is 3.07 bits per heavy atom. The van der Waals surface area contributed by atoms with Gasteiger partial charge in [0.15, 0.2) is 0 Å². The normalized spacial score (nSPS) is 17.3. The molecule has 0 saturated carbocycles. The number of nitrogens with one attached hydrogen (secondary N) is 1. The molecular weight excluding hydrogens is 394 g/mol. The molecule has 3 aromatic rings. The van der Waals surface area contributed by atoms with E-state index in [4.69, 9.17) is 11.6 Å². The highest BCUT2D eigenvalue weighted by molar-refractivity contribution is 7.18. The van der Waals surface area contributed by atoms with E-state index in [0.29, 0.717) is 16.3 Å². The summed E-state index contributed by atoms with van der Waals surface area (Å²) >= 11 is 7.64. The Morgan fingerprint density at radius 2 is 2.29 bits per heavy atom. The maximum Gasteiger partial charge on any atom is 0.262 e. The summed E-state index contributed by atoms with van der Waals surface area (Å²) in [5, 5.41) is 4.25. The molecule has 7 heteroatoms. The van der Waals surface area contributed by atoms with E-state index in [2.05, 4.69) is 17.2 Å². The van der Waals surface area contributed by atoms with Crippen LogP contribution in [-0.4, -0.2) is 15.5 Å². The molecular formula is C21H22ClN3O2S. The largest absolute Gasteiger partial charge is 0.348 e. The third-order valence-electron chi connectivity index (χ3n) is 5.32. The van der Waals surface area contributed by atoms with Gasteiger partial charge in [0, 0.05) is 9.90 Å². The fourth-order valence-electron chi connectivity index (χ4n) is 3.78. The lowest BCUT2D eigenvalue weighted by molar-refractivity contribution is -0.122. The van der Waals surface area contributed by atoms with Gasteiger partial charge in [-0.1, -0.05) is 30.7 Å². The summed E-state index contributed by atoms with van der Waals surface area (Å²) in [6, 6.07) is 7.18. The predicted octanol–water partition coefficient (Wildman–Crippen LogP) is 4.11. The lowest BCUT2D eigenvalue weighted by Gasteiger charge is -2.17. The number of fused-ring (bicyclic) bond motifs is 3. The zero-order valence-corrected chi connectivity index (χ0v) is 17.4. The van der Waals surface area contributed by atoms with Crippen molar-refractivity contribution in [1.82, 2.24) is 14.9 Å². The van der Waals surface area contributed by atoms with Crippen LogP contribution in [0, 0.1) is 5.92 Å². The number of carbonyl (C=O) groups excluding carboxylic acids is 1. The molecule has 0 unspecified atom stereocenters. The van der Waals surface area contributed by atoms with E-state index >= 15 is 0 Å². The minimum absolute atomic E-state index is 0.0479. The van der Waals surface area contributed by atoms with Gasteiger partial charge in [0.1, 0.15) is 11.4 Å². The van der Waals surface area contributed by atoms with Gasteiger partial charge in [0.2, 0.25) is 5.91 Å². The van der Waals surface area contributed by atoms with Gasteiger partial charge < -0.3 is 5.32 Å². The Morgan fingerprint density at radius 1 is 1.46 bits per heavy atom. The minimum Gasteiger partial charge on any atom is -0.348 e. The second kappa shape index (κ2) is 7.68. The monoisotopic (exact) mass is 415 g/mol. The number of halogens is 1. The Bertz CT molecular complexity index is 1100. The van der Waals surface area contributed by atoms with Crippen molar-refractivity contribution in [1.29, 1.82) is 0 Å². The summed E-state index contributed by atoms with van der Waals surface area (Å²) in [4.78, 5) is 32.0. The standard InChI is InChI=1S/C21H22ClN3O2S/c1-12-6-7-16-17(8-12)28-20-19(16)21(27)25(11-23-20)10-18(26)24-13(2)14-4-3-5-15(22)9-14/h3-5,9,11-13H,6-8,10H2,1-2H3,(H,24,26)/t12-,13-/m1/s1. The zero-order chi connectivity index (χ0) is 19.8. The molecule has 146 valence electrons. The van der Waals surface area contributed by atoms with Crippen molar-refractivity contribution in [2.75, 3.05) is 0 Å². The summed E-state index contributed by atoms with van der Waals surface area (Å²) in [6.07, 6.45) is 4.49. The minimum atomic E-state index is -0.228. The number of thiophene rings is 1. The van der Waals surface area contributed by atoms with E-state index in [-0.39, 0.29) is 24.1 Å². The van der Waals surface area contributed by atoms with Crippen molar-refractivity contribution in [3.05, 3.63) is 62.0 Å². The number of amides is 1. The van der Waals surface area contributed by atoms with Crippen molar-refractivity contribution in [2.24, 2.45) is 5.92 Å². The molecule has 5 nitrogen and oxygen atoms in total. The molecule has 1 aliphatic carbocycles. The fourth-order valence-corrected chi connectivity index (χ4v) is 5.32. The maximum absolute atomic E-state index is 13.0. The van der Waals surface area contributed by atoms with E-state index < -0.39 is 0 Å². The second-order valence-corrected chi connectivity index (χ2v) is 9.07. The van der Waals surface area contributed by atoms with Gasteiger partial charge in [-0.15, -0.1) is 11.3 Å². The van der Waals surface area contributed by atoms with Crippen molar-refractivity contribution in [2.45, 2.75) is 45.7 Å². The van der Waals surface area contributed by atoms with E-state index in [9.17, 15) is 9.59 Å². The van der Waals surface area contributed by atoms with Crippen LogP contribution >= 0.6 is 22.9 Å². The molecule has 2 aromatic heterocycles. The number of benzene rings is 1. The Labute approximate surface area is 172 Å². The van der Waals surface area contributed by atoms with Crippen LogP contribution in [0.2, 0.25) is 5.02 Å². The molecule has 2 heterocycles. The van der Waals surface area contributed by atoms with Gasteiger partial charge in [-0.25, -0.2) is 4.98 Å². The Hall–Kier alpha value is -2.18. The van der Waals surface area contributed by atoms with Crippen LogP contribution < -0.4 is 10.9 Å². The molecule has 2 atom stereocenters. The van der Waals surface area contributed by atoms with Crippen molar-refractivity contribution in [3.8, 4) is 0 Å². The molecule has 0 spiro atoms. The first kappa shape index (κ1) is 19.2. The van der Waals surface area contributed by atoms with Crippen LogP contribution in [0.1, 0.15) is 42.3 Å². The van der Waals surface area contributed by atoms with Gasteiger partial charge >= 0.3 is 0 Å². The van der Waals surface area contributed by atoms with Crippen LogP contribution in [0.4, 0.5) is 0 Å². The Balaban J connectivity index is 1.55. The summed E-state index contributed by atoms with van der Waals surface area (Å²) in [5.41, 5.74) is 1.93. The third-order valence-corrected chi connectivity index (χ3v) is 6.72. The van der Waals surface area contributed by atoms with Gasteiger partial charge in [0.05, 0.1) is 17.8 Å². The van der Waals surface area contributed by atoms with E-state index in [0.717, 1.165) is 35.2 Å². The molecule has 1 amide bonds. The molecule has 28 heavy (non-hydrogen) atoms. The summed E-state index contributed by atoms with van der Waals surface area (Å²) in [5.74, 6) is 0.412. The van der Waals surface area contributed by atoms with E-state index in [1.165, 1.54) is 15.8 Å². The number of rotatable bonds is 4. The van der Waals surface area contributed by atoms with Gasteiger partial charge in [-0.05, 0) is 55.4 Å². The van der Waals surface area contributed by atoms with Crippen molar-refractivity contribution in [3.63, 3.8) is 0 Å². The van der Waals surface area contributed by atoms with Crippen LogP contribution in [-0.2, 0) is 24.2 Å². The summed E-state index contributed by atoms with van der Waals surface area (Å²) < 4.78 is 1.41. The van der Waals surface area contributed by atoms with E-state index in [1.54, 1.807) is 17.4 Å². The lowest BCUT2D eigenvalue weighted by Crippen LogP contribution is -2.34. The molecule has 0 aliphatic heterocycles. The van der Waals surface area contributed by atoms with Gasteiger partial charge in [-0.3, -0.25) is 14.2 Å². The first-order valence-electron chi connectivity index (χ1n) is 9.47. The maximum atomic E-state index is 13.0. The first-order valence-corrected chi connectivity index (χ1v) is 10.7. The zero-order valence-electron chi connectivity index (χ0n) is 15.9. The number of carbonyl (C=O) groups is 1. The molecule has 0 fully saturated rings. The molecule has 1 aromatic carbocycles. The summed E-state index contributed by atoms with van der Waals surface area (Å²) in [6.45, 7) is 4.09. The topological polar surface area (TPSA) is 64.0 Å². The first-order chi connectivity index (χ1) is 13.4. The van der Waals surface area contributed by atoms with Gasteiger partial charge in [0.25, 0.3) is 5.56 Å². The molecule has 0 bridgehead atoms. The van der Waals surface area contributed by atoms with Crippen molar-refractivity contribution < 1.29 is 4.79 Å². The number of aryl methyl sites for hydroxylation is 1. The van der Waals surface area contributed by atoms with E-state index in [1.807, 2.05) is 25.1 Å². The average Bonchev–Trinajstić information content (AvgIpc) is 3.02. The highest BCUT2D eigenvalue weighted by Gasteiger charge is 2.23. The predicted molar refractivity (Wildman–Crippen MR) is 113 cm³/mol. The lowest BCUT2D eigenvalue weighted by atomic mass is 9.89. The molecule has 0 radical (unpaired) electrons. The van der Waals surface area contributed by atoms with Crippen LogP contribution in [0.5, 0.6) is 0 Å². The highest BCUT2D eigenvalue weighted by Crippen LogP contribution is 2.35. The smallest absolute Gasteiger partial charge is 0.262 e. The highest BCUT2D eigenvalue weighted by atomic mass is 35.5. The van der Waals surface area contributed by atoms with Crippen LogP contribution in [0.15, 0.2) is 35.4 Å². The molecule has 1 N–H and O–H groups in total. The number of hydrogen-bond acceptors (Lipinski definition) is 4. The van der Waals surface area contributed by atoms with Crippen molar-refractivity contribution >= 4 is 39.1 Å². The quantitative estimate of drug-likeness (QED) is 0.697. The third kappa shape index (κ3) is 3.71. The number of hydrogen-bond donors (Lipinski definition) is 1. The number of aromatic nitrogens is 2. The SMILES string of the molecule is C[C@@H]1CCc2c(sc3ncn(CC(=O)N[C@H](C)c4cccc(Cl)c4)c(=O)c23)C1. The average molecular weight is 416 g/mol. The Kier molecular flexibility index (Phi) is 5.25.